The average molecular weight is 166 g/mol. The summed E-state index contributed by atoms with van der Waals surface area (Å²) >= 11 is 0. The number of hydrogen-bond donors (Lipinski definition) is 0. The number of aromatic nitrogens is 2. The van der Waals surface area contributed by atoms with Crippen molar-refractivity contribution in [3.05, 3.63) is 22.4 Å². The van der Waals surface area contributed by atoms with E-state index in [1.165, 1.54) is 16.9 Å². The smallest absolute Gasteiger partial charge is 0.358 e. The molecule has 0 atom stereocenters. The van der Waals surface area contributed by atoms with Crippen molar-refractivity contribution in [2.75, 3.05) is 0 Å². The molecule has 6 heteroatoms. The Labute approximate surface area is 68.2 Å². The molecule has 0 unspecified atom stereocenters. The Morgan fingerprint density at radius 2 is 2.58 bits per heavy atom. The van der Waals surface area contributed by atoms with Crippen LogP contribution in [-0.4, -0.2) is 14.7 Å². The van der Waals surface area contributed by atoms with Gasteiger partial charge in [0.2, 0.25) is 0 Å². The van der Waals surface area contributed by atoms with Gasteiger partial charge in [0.25, 0.3) is 0 Å². The third-order valence-corrected chi connectivity index (χ3v) is 1.27. The van der Waals surface area contributed by atoms with Gasteiger partial charge < -0.3 is 10.1 Å². The number of nitriles is 1. The standard InChI is InChI=1S/C6H6N4O2/c7-3-1-4-9-5-2-6(8-9)10(11)12/h2,5H,1,4H2. The summed E-state index contributed by atoms with van der Waals surface area (Å²) in [7, 11) is 0. The second-order valence-corrected chi connectivity index (χ2v) is 2.10. The molecule has 6 nitrogen and oxygen atoms in total. The summed E-state index contributed by atoms with van der Waals surface area (Å²) in [6, 6.07) is 3.23. The van der Waals surface area contributed by atoms with Crippen molar-refractivity contribution < 1.29 is 4.92 Å². The second-order valence-electron chi connectivity index (χ2n) is 2.10. The Bertz CT molecular complexity index is 325. The van der Waals surface area contributed by atoms with E-state index in [9.17, 15) is 10.1 Å². The first kappa shape index (κ1) is 8.20. The molecule has 1 heterocycles. The molecule has 0 fully saturated rings. The zero-order valence-electron chi connectivity index (χ0n) is 6.17. The van der Waals surface area contributed by atoms with Gasteiger partial charge in [0, 0.05) is 0 Å². The first-order valence-electron chi connectivity index (χ1n) is 3.29. The summed E-state index contributed by atoms with van der Waals surface area (Å²) in [4.78, 5) is 9.59. The highest BCUT2D eigenvalue weighted by molar-refractivity contribution is 5.13. The molecule has 0 N–H and O–H groups in total. The minimum Gasteiger partial charge on any atom is -0.358 e. The van der Waals surface area contributed by atoms with Gasteiger partial charge in [-0.15, -0.1) is 0 Å². The lowest BCUT2D eigenvalue weighted by Gasteiger charge is -1.87. The van der Waals surface area contributed by atoms with Crippen LogP contribution in [0.5, 0.6) is 0 Å². The van der Waals surface area contributed by atoms with Gasteiger partial charge in [-0.25, -0.2) is 0 Å². The van der Waals surface area contributed by atoms with Crippen LogP contribution in [0.1, 0.15) is 6.42 Å². The summed E-state index contributed by atoms with van der Waals surface area (Å²) in [5.74, 6) is -0.187. The van der Waals surface area contributed by atoms with E-state index in [0.29, 0.717) is 13.0 Å². The Morgan fingerprint density at radius 3 is 3.08 bits per heavy atom. The highest BCUT2D eigenvalue weighted by Gasteiger charge is 2.09. The van der Waals surface area contributed by atoms with Crippen molar-refractivity contribution >= 4 is 5.82 Å². The van der Waals surface area contributed by atoms with Crippen LogP contribution in [0.2, 0.25) is 0 Å². The van der Waals surface area contributed by atoms with Crippen LogP contribution in [0.25, 0.3) is 0 Å². The topological polar surface area (TPSA) is 84.8 Å². The summed E-state index contributed by atoms with van der Waals surface area (Å²) in [6.45, 7) is 0.393. The van der Waals surface area contributed by atoms with Crippen molar-refractivity contribution in [2.24, 2.45) is 0 Å². The van der Waals surface area contributed by atoms with E-state index >= 15 is 0 Å². The molecule has 12 heavy (non-hydrogen) atoms. The lowest BCUT2D eigenvalue weighted by atomic mass is 10.5. The van der Waals surface area contributed by atoms with Crippen molar-refractivity contribution in [3.8, 4) is 6.07 Å². The van der Waals surface area contributed by atoms with Crippen LogP contribution < -0.4 is 0 Å². The summed E-state index contributed by atoms with van der Waals surface area (Å²) < 4.78 is 1.38. The summed E-state index contributed by atoms with van der Waals surface area (Å²) in [5, 5.41) is 22.0. The van der Waals surface area contributed by atoms with Crippen molar-refractivity contribution in [3.63, 3.8) is 0 Å². The van der Waals surface area contributed by atoms with Gasteiger partial charge in [-0.3, -0.25) is 0 Å². The minimum absolute atomic E-state index is 0.187. The van der Waals surface area contributed by atoms with Gasteiger partial charge in [-0.1, -0.05) is 0 Å². The largest absolute Gasteiger partial charge is 0.389 e. The lowest BCUT2D eigenvalue weighted by molar-refractivity contribution is -0.389. The van der Waals surface area contributed by atoms with E-state index in [1.54, 1.807) is 0 Å². The summed E-state index contributed by atoms with van der Waals surface area (Å²) in [6.07, 6.45) is 1.79. The normalized spacial score (nSPS) is 9.25. The fourth-order valence-electron chi connectivity index (χ4n) is 0.737. The predicted octanol–water partition coefficient (Wildman–Crippen LogP) is 0.705. The molecule has 0 saturated carbocycles. The monoisotopic (exact) mass is 166 g/mol. The summed E-state index contributed by atoms with van der Waals surface area (Å²) in [5.41, 5.74) is 0. The fourth-order valence-corrected chi connectivity index (χ4v) is 0.737. The number of aryl methyl sites for hydroxylation is 1. The molecule has 0 spiro atoms. The molecule has 1 aromatic heterocycles. The Kier molecular flexibility index (Phi) is 2.38. The van der Waals surface area contributed by atoms with E-state index in [1.807, 2.05) is 6.07 Å². The zero-order chi connectivity index (χ0) is 8.97. The first-order valence-corrected chi connectivity index (χ1v) is 3.29. The molecule has 0 amide bonds. The lowest BCUT2D eigenvalue weighted by Crippen LogP contribution is -1.98. The Hall–Kier alpha value is -1.90. The van der Waals surface area contributed by atoms with E-state index in [-0.39, 0.29) is 5.82 Å². The fraction of sp³-hybridized carbons (Fsp3) is 0.333. The highest BCUT2D eigenvalue weighted by Crippen LogP contribution is 2.05. The van der Waals surface area contributed by atoms with Gasteiger partial charge in [0.05, 0.1) is 36.4 Å². The maximum atomic E-state index is 10.2. The first-order chi connectivity index (χ1) is 5.74. The maximum absolute atomic E-state index is 10.2. The van der Waals surface area contributed by atoms with Crippen LogP contribution >= 0.6 is 0 Å². The van der Waals surface area contributed by atoms with Gasteiger partial charge in [-0.2, -0.15) is 9.94 Å². The second kappa shape index (κ2) is 3.48. The molecule has 0 aliphatic rings. The molecular weight excluding hydrogens is 160 g/mol. The molecule has 0 saturated heterocycles. The van der Waals surface area contributed by atoms with Gasteiger partial charge in [0.15, 0.2) is 0 Å². The van der Waals surface area contributed by atoms with Crippen LogP contribution in [0.15, 0.2) is 12.3 Å². The Balaban J connectivity index is 2.66. The van der Waals surface area contributed by atoms with Crippen LogP contribution in [-0.2, 0) is 6.54 Å². The van der Waals surface area contributed by atoms with E-state index < -0.39 is 4.92 Å². The molecule has 1 aromatic rings. The van der Waals surface area contributed by atoms with Crippen molar-refractivity contribution in [1.29, 1.82) is 5.26 Å². The van der Waals surface area contributed by atoms with Gasteiger partial charge >= 0.3 is 5.82 Å². The molecule has 0 radical (unpaired) electrons. The Morgan fingerprint density at radius 1 is 1.83 bits per heavy atom. The maximum Gasteiger partial charge on any atom is 0.389 e. The van der Waals surface area contributed by atoms with Crippen molar-refractivity contribution in [2.45, 2.75) is 13.0 Å². The van der Waals surface area contributed by atoms with Crippen LogP contribution in [0.3, 0.4) is 0 Å². The van der Waals surface area contributed by atoms with E-state index in [2.05, 4.69) is 5.10 Å². The quantitative estimate of drug-likeness (QED) is 0.488. The molecular formula is C6H6N4O2. The molecule has 0 aromatic carbocycles. The number of nitrogens with zero attached hydrogens (tertiary/aromatic N) is 4. The molecule has 0 aliphatic carbocycles. The molecule has 1 rings (SSSR count). The van der Waals surface area contributed by atoms with Crippen LogP contribution in [0, 0.1) is 21.4 Å². The molecule has 0 aliphatic heterocycles. The van der Waals surface area contributed by atoms with Gasteiger partial charge in [0.1, 0.15) is 0 Å². The highest BCUT2D eigenvalue weighted by atomic mass is 16.6. The van der Waals surface area contributed by atoms with E-state index in [0.717, 1.165) is 0 Å². The SMILES string of the molecule is N#CCCn1ccc([N+](=O)[O-])n1. The molecule has 0 bridgehead atoms. The number of hydrogen-bond acceptors (Lipinski definition) is 4. The van der Waals surface area contributed by atoms with Crippen LogP contribution in [0.4, 0.5) is 5.82 Å². The predicted molar refractivity (Wildman–Crippen MR) is 39.1 cm³/mol. The van der Waals surface area contributed by atoms with Crippen molar-refractivity contribution in [1.82, 2.24) is 9.78 Å². The zero-order valence-corrected chi connectivity index (χ0v) is 6.17. The van der Waals surface area contributed by atoms with Gasteiger partial charge in [-0.05, 0) is 4.92 Å². The minimum atomic E-state index is -0.567. The van der Waals surface area contributed by atoms with E-state index in [4.69, 9.17) is 5.26 Å². The third kappa shape index (κ3) is 1.79. The molecule has 62 valence electrons. The third-order valence-electron chi connectivity index (χ3n) is 1.27. The average Bonchev–Trinajstić information content (AvgIpc) is 2.48. The number of nitro groups is 1. The number of rotatable bonds is 3.